The standard InChI is InChI=1S/C14H19NO3/c15-12-5-1-2-6-13(12)16-9-11-10-17-14(18-11)7-3-4-8-14/h1-2,5-6,11H,3-4,7-10,15H2. The molecule has 1 saturated heterocycles. The van der Waals surface area contributed by atoms with Gasteiger partial charge in [-0.3, -0.25) is 0 Å². The summed E-state index contributed by atoms with van der Waals surface area (Å²) < 4.78 is 17.5. The fourth-order valence-corrected chi connectivity index (χ4v) is 2.67. The van der Waals surface area contributed by atoms with E-state index >= 15 is 0 Å². The van der Waals surface area contributed by atoms with Gasteiger partial charge in [0.05, 0.1) is 12.3 Å². The van der Waals surface area contributed by atoms with Gasteiger partial charge in [-0.1, -0.05) is 12.1 Å². The molecule has 1 aliphatic carbocycles. The van der Waals surface area contributed by atoms with Crippen LogP contribution in [0.15, 0.2) is 24.3 Å². The lowest BCUT2D eigenvalue weighted by molar-refractivity contribution is -0.164. The van der Waals surface area contributed by atoms with E-state index in [1.165, 1.54) is 12.8 Å². The van der Waals surface area contributed by atoms with E-state index in [0.717, 1.165) is 12.8 Å². The Morgan fingerprint density at radius 3 is 2.83 bits per heavy atom. The van der Waals surface area contributed by atoms with Gasteiger partial charge in [-0.05, 0) is 25.0 Å². The second-order valence-electron chi connectivity index (χ2n) is 5.02. The lowest BCUT2D eigenvalue weighted by Gasteiger charge is -2.22. The van der Waals surface area contributed by atoms with Crippen LogP contribution in [0.5, 0.6) is 5.75 Å². The van der Waals surface area contributed by atoms with Crippen molar-refractivity contribution in [2.45, 2.75) is 37.6 Å². The fourth-order valence-electron chi connectivity index (χ4n) is 2.67. The van der Waals surface area contributed by atoms with Gasteiger partial charge >= 0.3 is 0 Å². The quantitative estimate of drug-likeness (QED) is 0.835. The highest BCUT2D eigenvalue weighted by atomic mass is 16.8. The summed E-state index contributed by atoms with van der Waals surface area (Å²) in [6.45, 7) is 1.11. The molecule has 0 bridgehead atoms. The molecule has 1 spiro atoms. The summed E-state index contributed by atoms with van der Waals surface area (Å²) in [5.41, 5.74) is 6.48. The van der Waals surface area contributed by atoms with Crippen LogP contribution in [-0.2, 0) is 9.47 Å². The zero-order valence-corrected chi connectivity index (χ0v) is 10.4. The van der Waals surface area contributed by atoms with E-state index in [0.29, 0.717) is 24.7 Å². The van der Waals surface area contributed by atoms with Crippen LogP contribution in [0.4, 0.5) is 5.69 Å². The maximum Gasteiger partial charge on any atom is 0.169 e. The van der Waals surface area contributed by atoms with Crippen molar-refractivity contribution in [3.05, 3.63) is 24.3 Å². The van der Waals surface area contributed by atoms with Gasteiger partial charge < -0.3 is 19.9 Å². The zero-order valence-electron chi connectivity index (χ0n) is 10.4. The maximum atomic E-state index is 5.98. The third-order valence-electron chi connectivity index (χ3n) is 3.62. The van der Waals surface area contributed by atoms with E-state index in [2.05, 4.69) is 0 Å². The summed E-state index contributed by atoms with van der Waals surface area (Å²) in [4.78, 5) is 0. The van der Waals surface area contributed by atoms with Crippen LogP contribution in [-0.4, -0.2) is 25.1 Å². The lowest BCUT2D eigenvalue weighted by Crippen LogP contribution is -2.28. The first-order valence-corrected chi connectivity index (χ1v) is 6.57. The first-order chi connectivity index (χ1) is 8.77. The Morgan fingerprint density at radius 2 is 2.06 bits per heavy atom. The van der Waals surface area contributed by atoms with Gasteiger partial charge in [-0.25, -0.2) is 0 Å². The molecule has 1 aromatic rings. The van der Waals surface area contributed by atoms with E-state index < -0.39 is 0 Å². The Morgan fingerprint density at radius 1 is 1.28 bits per heavy atom. The summed E-state index contributed by atoms with van der Waals surface area (Å²) in [5, 5.41) is 0. The summed E-state index contributed by atoms with van der Waals surface area (Å²) in [6, 6.07) is 7.51. The van der Waals surface area contributed by atoms with Gasteiger partial charge in [-0.2, -0.15) is 0 Å². The Bertz CT molecular complexity index is 415. The van der Waals surface area contributed by atoms with E-state index in [9.17, 15) is 0 Å². The van der Waals surface area contributed by atoms with Crippen molar-refractivity contribution in [3.8, 4) is 5.75 Å². The second-order valence-corrected chi connectivity index (χ2v) is 5.02. The Balaban J connectivity index is 1.54. The SMILES string of the molecule is Nc1ccccc1OCC1COC2(CCCC2)O1. The minimum Gasteiger partial charge on any atom is -0.489 e. The summed E-state index contributed by atoms with van der Waals surface area (Å²) in [6.07, 6.45) is 4.43. The molecule has 4 heteroatoms. The summed E-state index contributed by atoms with van der Waals surface area (Å²) in [5.74, 6) is 0.407. The van der Waals surface area contributed by atoms with Crippen LogP contribution >= 0.6 is 0 Å². The molecule has 2 fully saturated rings. The van der Waals surface area contributed by atoms with Crippen molar-refractivity contribution < 1.29 is 14.2 Å². The van der Waals surface area contributed by atoms with Crippen LogP contribution in [0.2, 0.25) is 0 Å². The van der Waals surface area contributed by atoms with Crippen molar-refractivity contribution >= 4 is 5.69 Å². The molecule has 1 unspecified atom stereocenters. The molecule has 1 atom stereocenters. The second kappa shape index (κ2) is 4.78. The third-order valence-corrected chi connectivity index (χ3v) is 3.62. The van der Waals surface area contributed by atoms with Gasteiger partial charge in [0.15, 0.2) is 5.79 Å². The van der Waals surface area contributed by atoms with Crippen LogP contribution in [0.25, 0.3) is 0 Å². The topological polar surface area (TPSA) is 53.7 Å². The molecule has 4 nitrogen and oxygen atoms in total. The van der Waals surface area contributed by atoms with E-state index in [4.69, 9.17) is 19.9 Å². The first-order valence-electron chi connectivity index (χ1n) is 6.57. The summed E-state index contributed by atoms with van der Waals surface area (Å²) >= 11 is 0. The molecule has 3 rings (SSSR count). The number of benzene rings is 1. The number of nitrogens with two attached hydrogens (primary N) is 1. The molecular weight excluding hydrogens is 230 g/mol. The van der Waals surface area contributed by atoms with Crippen molar-refractivity contribution in [1.82, 2.24) is 0 Å². The predicted molar refractivity (Wildman–Crippen MR) is 68.4 cm³/mol. The Kier molecular flexibility index (Phi) is 3.14. The molecule has 2 aliphatic rings. The van der Waals surface area contributed by atoms with Crippen molar-refractivity contribution in [1.29, 1.82) is 0 Å². The average Bonchev–Trinajstić information content (AvgIpc) is 3.00. The zero-order chi connectivity index (χ0) is 12.4. The highest BCUT2D eigenvalue weighted by Crippen LogP contribution is 2.39. The van der Waals surface area contributed by atoms with Crippen LogP contribution in [0.3, 0.4) is 0 Å². The maximum absolute atomic E-state index is 5.98. The van der Waals surface area contributed by atoms with Crippen molar-refractivity contribution in [2.24, 2.45) is 0 Å². The Hall–Kier alpha value is -1.26. The van der Waals surface area contributed by atoms with Gasteiger partial charge in [-0.15, -0.1) is 0 Å². The molecule has 1 aromatic carbocycles. The molecule has 18 heavy (non-hydrogen) atoms. The molecule has 1 heterocycles. The number of anilines is 1. The van der Waals surface area contributed by atoms with E-state index in [-0.39, 0.29) is 11.9 Å². The minimum absolute atomic E-state index is 0.0164. The van der Waals surface area contributed by atoms with Crippen LogP contribution in [0, 0.1) is 0 Å². The first kappa shape index (κ1) is 11.8. The highest BCUT2D eigenvalue weighted by Gasteiger charge is 2.43. The van der Waals surface area contributed by atoms with Crippen LogP contribution in [0.1, 0.15) is 25.7 Å². The molecule has 1 saturated carbocycles. The number of hydrogen-bond donors (Lipinski definition) is 1. The molecule has 98 valence electrons. The molecule has 0 amide bonds. The van der Waals surface area contributed by atoms with Gasteiger partial charge in [0.1, 0.15) is 18.5 Å². The fraction of sp³-hybridized carbons (Fsp3) is 0.571. The third kappa shape index (κ3) is 2.31. The van der Waals surface area contributed by atoms with Gasteiger partial charge in [0.25, 0.3) is 0 Å². The molecule has 1 aliphatic heterocycles. The molecule has 0 aromatic heterocycles. The molecule has 0 radical (unpaired) electrons. The number of ether oxygens (including phenoxy) is 3. The number of nitrogen functional groups attached to an aromatic ring is 1. The largest absolute Gasteiger partial charge is 0.489 e. The van der Waals surface area contributed by atoms with Crippen molar-refractivity contribution in [3.63, 3.8) is 0 Å². The number of para-hydroxylation sites is 2. The van der Waals surface area contributed by atoms with Crippen molar-refractivity contribution in [2.75, 3.05) is 18.9 Å². The van der Waals surface area contributed by atoms with Gasteiger partial charge in [0.2, 0.25) is 0 Å². The monoisotopic (exact) mass is 249 g/mol. The lowest BCUT2D eigenvalue weighted by atomic mass is 10.2. The van der Waals surface area contributed by atoms with E-state index in [1.807, 2.05) is 24.3 Å². The normalized spacial score (nSPS) is 25.7. The number of rotatable bonds is 3. The van der Waals surface area contributed by atoms with E-state index in [1.54, 1.807) is 0 Å². The molecular formula is C14H19NO3. The highest BCUT2D eigenvalue weighted by molar-refractivity contribution is 5.51. The number of hydrogen-bond acceptors (Lipinski definition) is 4. The Labute approximate surface area is 107 Å². The minimum atomic E-state index is -0.309. The predicted octanol–water partition coefficient (Wildman–Crippen LogP) is 2.33. The average molecular weight is 249 g/mol. The molecule has 2 N–H and O–H groups in total. The van der Waals surface area contributed by atoms with Gasteiger partial charge in [0, 0.05) is 12.8 Å². The summed E-state index contributed by atoms with van der Waals surface area (Å²) in [7, 11) is 0. The van der Waals surface area contributed by atoms with Crippen LogP contribution < -0.4 is 10.5 Å². The smallest absolute Gasteiger partial charge is 0.169 e.